The molecule has 1 atom stereocenters. The van der Waals surface area contributed by atoms with Gasteiger partial charge in [-0.2, -0.15) is 9.78 Å². The molecule has 1 aliphatic heterocycles. The predicted molar refractivity (Wildman–Crippen MR) is 114 cm³/mol. The van der Waals surface area contributed by atoms with Gasteiger partial charge in [0.1, 0.15) is 11.6 Å². The molecular formula is C21H22N6O4. The fourth-order valence-corrected chi connectivity index (χ4v) is 3.54. The molecule has 3 aromatic rings. The minimum Gasteiger partial charge on any atom is -0.497 e. The lowest BCUT2D eigenvalue weighted by atomic mass is 10.1. The first-order valence-electron chi connectivity index (χ1n) is 9.74. The smallest absolute Gasteiger partial charge is 0.252 e. The monoisotopic (exact) mass is 422 g/mol. The number of hydrogen-bond donors (Lipinski definition) is 2. The Kier molecular flexibility index (Phi) is 5.28. The first-order chi connectivity index (χ1) is 14.8. The van der Waals surface area contributed by atoms with Crippen molar-refractivity contribution in [2.45, 2.75) is 20.3 Å². The van der Waals surface area contributed by atoms with Crippen molar-refractivity contribution in [3.63, 3.8) is 0 Å². The standard InChI is InChI=1S/C21H22N6O4/c1-12-9-18(28)24-21(22-12)27-17(8-13(2)25-27)23-20(30)14-10-19(29)26(11-14)15-4-6-16(31-3)7-5-15/h4-9,14H,10-11H2,1-3H3,(H,23,30)(H,22,24,28). The second kappa shape index (κ2) is 8.05. The Morgan fingerprint density at radius 2 is 1.90 bits per heavy atom. The summed E-state index contributed by atoms with van der Waals surface area (Å²) >= 11 is 0. The summed E-state index contributed by atoms with van der Waals surface area (Å²) in [6, 6.07) is 10.2. The maximum atomic E-state index is 12.9. The highest BCUT2D eigenvalue weighted by molar-refractivity contribution is 6.03. The molecule has 2 amide bonds. The molecule has 1 aromatic carbocycles. The highest BCUT2D eigenvalue weighted by Gasteiger charge is 2.35. The van der Waals surface area contributed by atoms with Gasteiger partial charge in [-0.1, -0.05) is 0 Å². The summed E-state index contributed by atoms with van der Waals surface area (Å²) in [5.41, 5.74) is 1.57. The van der Waals surface area contributed by atoms with Crippen LogP contribution in [0.4, 0.5) is 11.5 Å². The summed E-state index contributed by atoms with van der Waals surface area (Å²) in [7, 11) is 1.57. The average molecular weight is 422 g/mol. The number of methoxy groups -OCH3 is 1. The van der Waals surface area contributed by atoms with E-state index in [2.05, 4.69) is 20.4 Å². The Labute approximate surface area is 177 Å². The van der Waals surface area contributed by atoms with Crippen LogP contribution in [-0.2, 0) is 9.59 Å². The first-order valence-corrected chi connectivity index (χ1v) is 9.74. The normalized spacial score (nSPS) is 15.9. The SMILES string of the molecule is COc1ccc(N2CC(C(=O)Nc3cc(C)nn3-c3nc(C)cc(=O)[nH]3)CC2=O)cc1. The van der Waals surface area contributed by atoms with Gasteiger partial charge in [0.25, 0.3) is 5.56 Å². The third-order valence-corrected chi connectivity index (χ3v) is 5.02. The molecule has 2 aromatic heterocycles. The van der Waals surface area contributed by atoms with Crippen molar-refractivity contribution in [1.82, 2.24) is 19.7 Å². The van der Waals surface area contributed by atoms with Crippen molar-refractivity contribution in [3.05, 3.63) is 58.1 Å². The molecule has 10 nitrogen and oxygen atoms in total. The van der Waals surface area contributed by atoms with Crippen LogP contribution >= 0.6 is 0 Å². The van der Waals surface area contributed by atoms with E-state index in [0.717, 1.165) is 0 Å². The van der Waals surface area contributed by atoms with Gasteiger partial charge in [-0.05, 0) is 38.1 Å². The zero-order valence-corrected chi connectivity index (χ0v) is 17.4. The molecule has 160 valence electrons. The van der Waals surface area contributed by atoms with E-state index >= 15 is 0 Å². The highest BCUT2D eigenvalue weighted by atomic mass is 16.5. The van der Waals surface area contributed by atoms with Crippen LogP contribution in [0.15, 0.2) is 41.2 Å². The molecule has 0 aliphatic carbocycles. The number of ether oxygens (including phenoxy) is 1. The Bertz CT molecular complexity index is 1200. The van der Waals surface area contributed by atoms with Crippen molar-refractivity contribution in [1.29, 1.82) is 0 Å². The van der Waals surface area contributed by atoms with Crippen LogP contribution in [0.3, 0.4) is 0 Å². The summed E-state index contributed by atoms with van der Waals surface area (Å²) in [5, 5.41) is 7.14. The topological polar surface area (TPSA) is 122 Å². The van der Waals surface area contributed by atoms with Gasteiger partial charge >= 0.3 is 0 Å². The van der Waals surface area contributed by atoms with E-state index in [0.29, 0.717) is 28.6 Å². The molecule has 1 aliphatic rings. The number of aryl methyl sites for hydroxylation is 2. The number of amides is 2. The summed E-state index contributed by atoms with van der Waals surface area (Å²) in [4.78, 5) is 45.7. The average Bonchev–Trinajstić information content (AvgIpc) is 3.30. The molecule has 1 fully saturated rings. The summed E-state index contributed by atoms with van der Waals surface area (Å²) in [6.45, 7) is 3.74. The molecule has 0 spiro atoms. The number of benzene rings is 1. The molecule has 0 saturated carbocycles. The summed E-state index contributed by atoms with van der Waals surface area (Å²) in [6.07, 6.45) is 0.102. The molecule has 4 rings (SSSR count). The second-order valence-corrected chi connectivity index (χ2v) is 7.39. The fraction of sp³-hybridized carbons (Fsp3) is 0.286. The number of aromatic amines is 1. The van der Waals surface area contributed by atoms with Gasteiger partial charge in [-0.3, -0.25) is 19.4 Å². The Balaban J connectivity index is 1.52. The number of rotatable bonds is 5. The molecule has 1 unspecified atom stereocenters. The van der Waals surface area contributed by atoms with E-state index in [1.165, 1.54) is 10.7 Å². The Morgan fingerprint density at radius 3 is 2.58 bits per heavy atom. The van der Waals surface area contributed by atoms with E-state index in [1.54, 1.807) is 56.2 Å². The lowest BCUT2D eigenvalue weighted by Gasteiger charge is -2.17. The van der Waals surface area contributed by atoms with Crippen molar-refractivity contribution < 1.29 is 14.3 Å². The molecule has 3 heterocycles. The molecule has 10 heteroatoms. The summed E-state index contributed by atoms with van der Waals surface area (Å²) in [5.74, 6) is 0.307. The van der Waals surface area contributed by atoms with Crippen LogP contribution in [0.25, 0.3) is 5.95 Å². The summed E-state index contributed by atoms with van der Waals surface area (Å²) < 4.78 is 6.52. The van der Waals surface area contributed by atoms with Crippen LogP contribution in [0, 0.1) is 19.8 Å². The number of carbonyl (C=O) groups is 2. The third kappa shape index (κ3) is 4.18. The fourth-order valence-electron chi connectivity index (χ4n) is 3.54. The lowest BCUT2D eigenvalue weighted by Crippen LogP contribution is -2.28. The van der Waals surface area contributed by atoms with Crippen molar-refractivity contribution in [2.24, 2.45) is 5.92 Å². The lowest BCUT2D eigenvalue weighted by molar-refractivity contribution is -0.122. The largest absolute Gasteiger partial charge is 0.497 e. The molecule has 31 heavy (non-hydrogen) atoms. The highest BCUT2D eigenvalue weighted by Crippen LogP contribution is 2.28. The van der Waals surface area contributed by atoms with E-state index in [1.807, 2.05) is 0 Å². The zero-order chi connectivity index (χ0) is 22.1. The van der Waals surface area contributed by atoms with Gasteiger partial charge in [-0.25, -0.2) is 4.98 Å². The molecule has 0 radical (unpaired) electrons. The van der Waals surface area contributed by atoms with Gasteiger partial charge in [0.2, 0.25) is 17.8 Å². The Hall–Kier alpha value is -3.95. The number of H-pyrrole nitrogens is 1. The quantitative estimate of drug-likeness (QED) is 0.644. The third-order valence-electron chi connectivity index (χ3n) is 5.02. The number of nitrogens with one attached hydrogen (secondary N) is 2. The van der Waals surface area contributed by atoms with Gasteiger partial charge in [-0.15, -0.1) is 0 Å². The molecular weight excluding hydrogens is 400 g/mol. The number of aromatic nitrogens is 4. The van der Waals surface area contributed by atoms with Crippen LogP contribution in [0.1, 0.15) is 17.8 Å². The Morgan fingerprint density at radius 1 is 1.16 bits per heavy atom. The van der Waals surface area contributed by atoms with Gasteiger partial charge < -0.3 is 15.0 Å². The van der Waals surface area contributed by atoms with Gasteiger partial charge in [0.05, 0.1) is 18.7 Å². The molecule has 1 saturated heterocycles. The van der Waals surface area contributed by atoms with Gasteiger partial charge in [0.15, 0.2) is 0 Å². The van der Waals surface area contributed by atoms with Crippen molar-refractivity contribution in [3.8, 4) is 11.7 Å². The second-order valence-electron chi connectivity index (χ2n) is 7.39. The van der Waals surface area contributed by atoms with Crippen LogP contribution < -0.4 is 20.5 Å². The van der Waals surface area contributed by atoms with Crippen LogP contribution in [0.2, 0.25) is 0 Å². The van der Waals surface area contributed by atoms with Crippen molar-refractivity contribution >= 4 is 23.3 Å². The number of carbonyl (C=O) groups excluding carboxylic acids is 2. The van der Waals surface area contributed by atoms with E-state index in [9.17, 15) is 14.4 Å². The minimum absolute atomic E-state index is 0.102. The molecule has 0 bridgehead atoms. The van der Waals surface area contributed by atoms with Crippen molar-refractivity contribution in [2.75, 3.05) is 23.9 Å². The van der Waals surface area contributed by atoms with Crippen LogP contribution in [-0.4, -0.2) is 45.2 Å². The number of hydrogen-bond acceptors (Lipinski definition) is 6. The van der Waals surface area contributed by atoms with E-state index < -0.39 is 5.92 Å². The zero-order valence-electron chi connectivity index (χ0n) is 17.4. The maximum Gasteiger partial charge on any atom is 0.252 e. The minimum atomic E-state index is -0.525. The van der Waals surface area contributed by atoms with Crippen LogP contribution in [0.5, 0.6) is 5.75 Å². The van der Waals surface area contributed by atoms with Gasteiger partial charge in [0, 0.05) is 36.5 Å². The number of nitrogens with zero attached hydrogens (tertiary/aromatic N) is 4. The number of anilines is 2. The maximum absolute atomic E-state index is 12.9. The molecule has 2 N–H and O–H groups in total. The van der Waals surface area contributed by atoms with E-state index in [-0.39, 0.29) is 36.3 Å². The van der Waals surface area contributed by atoms with E-state index in [4.69, 9.17) is 4.74 Å². The first kappa shape index (κ1) is 20.3. The predicted octanol–water partition coefficient (Wildman–Crippen LogP) is 1.57.